The fourth-order valence-corrected chi connectivity index (χ4v) is 10.5. The first kappa shape index (κ1) is 45.8. The highest BCUT2D eigenvalue weighted by Crippen LogP contribution is 2.41. The number of nitro benzene ring substituents is 1. The molecule has 0 saturated heterocycles. The van der Waals surface area contributed by atoms with Gasteiger partial charge in [-0.1, -0.05) is 52.0 Å². The third-order valence-corrected chi connectivity index (χ3v) is 13.6. The zero-order valence-corrected chi connectivity index (χ0v) is 37.2. The van der Waals surface area contributed by atoms with Gasteiger partial charge in [-0.2, -0.15) is 25.3 Å². The second-order valence-corrected chi connectivity index (χ2v) is 19.6. The molecule has 1 aliphatic rings. The Morgan fingerprint density at radius 1 is 0.700 bits per heavy atom. The van der Waals surface area contributed by atoms with Crippen LogP contribution < -0.4 is 5.32 Å². The summed E-state index contributed by atoms with van der Waals surface area (Å²) >= 11 is 0. The molecule has 0 radical (unpaired) electrons. The van der Waals surface area contributed by atoms with Gasteiger partial charge in [0.05, 0.1) is 16.3 Å². The predicted molar refractivity (Wildman–Crippen MR) is 233 cm³/mol. The van der Waals surface area contributed by atoms with Crippen LogP contribution in [0.25, 0.3) is 5.57 Å². The molecule has 0 atom stereocenters. The maximum Gasteiger partial charge on any atom is 0.295 e. The van der Waals surface area contributed by atoms with Crippen LogP contribution in [0.1, 0.15) is 83.7 Å². The molecular weight excluding hydrogens is 831 g/mol. The molecule has 1 aliphatic carbocycles. The molecule has 14 nitrogen and oxygen atoms in total. The molecule has 0 bridgehead atoms. The summed E-state index contributed by atoms with van der Waals surface area (Å²) in [4.78, 5) is 14.8. The summed E-state index contributed by atoms with van der Waals surface area (Å²) in [6, 6.07) is 11.7. The van der Waals surface area contributed by atoms with Crippen LogP contribution in [-0.4, -0.2) is 49.5 Å². The minimum absolute atomic E-state index is 0.0380. The lowest BCUT2D eigenvalue weighted by Crippen LogP contribution is -2.12. The van der Waals surface area contributed by atoms with Gasteiger partial charge in [-0.05, 0) is 145 Å². The highest BCUT2D eigenvalue weighted by Gasteiger charge is 2.28. The fourth-order valence-electron chi connectivity index (χ4n) is 7.84. The molecule has 0 saturated carbocycles. The molecule has 0 amide bonds. The van der Waals surface area contributed by atoms with Crippen LogP contribution in [0.2, 0.25) is 0 Å². The van der Waals surface area contributed by atoms with Crippen molar-refractivity contribution in [1.29, 1.82) is 0 Å². The molecule has 4 aromatic carbocycles. The first-order chi connectivity index (χ1) is 27.6. The van der Waals surface area contributed by atoms with E-state index in [4.69, 9.17) is 4.99 Å². The van der Waals surface area contributed by atoms with Gasteiger partial charge >= 0.3 is 0 Å². The Morgan fingerprint density at radius 3 is 1.82 bits per heavy atom. The summed E-state index contributed by atoms with van der Waals surface area (Å²) in [5.74, 6) is -0.388. The Morgan fingerprint density at radius 2 is 1.28 bits per heavy atom. The smallest absolute Gasteiger partial charge is 0.295 e. The maximum atomic E-state index is 13.0. The van der Waals surface area contributed by atoms with Crippen molar-refractivity contribution in [3.8, 4) is 0 Å². The average Bonchev–Trinajstić information content (AvgIpc) is 3.10. The number of non-ortho nitro benzene ring substituents is 1. The van der Waals surface area contributed by atoms with Gasteiger partial charge in [-0.25, -0.2) is 4.99 Å². The molecule has 0 spiro atoms. The number of hydrogen-bond donors (Lipinski definition) is 4. The van der Waals surface area contributed by atoms with E-state index in [-0.39, 0.29) is 38.3 Å². The molecule has 17 heteroatoms. The number of allylic oxidation sites excluding steroid dienone is 5. The van der Waals surface area contributed by atoms with Gasteiger partial charge in [0, 0.05) is 29.1 Å². The number of benzene rings is 4. The summed E-state index contributed by atoms with van der Waals surface area (Å²) in [5, 5.41) is 15.2. The van der Waals surface area contributed by atoms with Crippen LogP contribution in [-0.2, 0) is 30.4 Å². The third-order valence-electron chi connectivity index (χ3n) is 10.4. The Labute approximate surface area is 350 Å². The van der Waals surface area contributed by atoms with Gasteiger partial charge in [-0.3, -0.25) is 23.8 Å². The molecule has 0 heterocycles. The number of aliphatic imine (C=N–C) groups is 1. The first-order valence-corrected chi connectivity index (χ1v) is 23.0. The van der Waals surface area contributed by atoms with Crippen molar-refractivity contribution >= 4 is 64.4 Å². The van der Waals surface area contributed by atoms with Crippen molar-refractivity contribution in [3.63, 3.8) is 0 Å². The molecule has 4 N–H and O–H groups in total. The summed E-state index contributed by atoms with van der Waals surface area (Å²) in [6.07, 6.45) is 5.15. The third kappa shape index (κ3) is 9.21. The second kappa shape index (κ2) is 16.6. The highest BCUT2D eigenvalue weighted by atomic mass is 32.2. The number of nitrogens with zero attached hydrogens (tertiary/aromatic N) is 2. The summed E-state index contributed by atoms with van der Waals surface area (Å²) in [7, 11) is -14.2. The quantitative estimate of drug-likeness (QED) is 0.0627. The second-order valence-electron chi connectivity index (χ2n) is 15.5. The fraction of sp³-hybridized carbons (Fsp3) is 0.279. The largest absolute Gasteiger partial charge is 0.355 e. The number of rotatable bonds is 11. The Kier molecular flexibility index (Phi) is 12.7. The molecule has 0 aliphatic heterocycles. The molecule has 0 aromatic heterocycles. The van der Waals surface area contributed by atoms with Crippen LogP contribution in [0.5, 0.6) is 0 Å². The molecular formula is C43H47N3O11S3. The molecule has 318 valence electrons. The maximum absolute atomic E-state index is 13.0. The van der Waals surface area contributed by atoms with Crippen molar-refractivity contribution in [1.82, 2.24) is 0 Å². The number of aryl methyl sites for hydroxylation is 4. The minimum atomic E-state index is -5.05. The van der Waals surface area contributed by atoms with Gasteiger partial charge in [-0.15, -0.1) is 0 Å². The number of nitrogens with one attached hydrogen (secondary N) is 1. The summed E-state index contributed by atoms with van der Waals surface area (Å²) < 4.78 is 106. The zero-order valence-electron chi connectivity index (χ0n) is 34.7. The molecule has 4 aromatic rings. The summed E-state index contributed by atoms with van der Waals surface area (Å²) in [5.41, 5.74) is 6.46. The Hall–Kier alpha value is -5.30. The molecule has 5 rings (SSSR count). The molecule has 60 heavy (non-hydrogen) atoms. The normalized spacial score (nSPS) is 15.2. The number of nitro groups is 1. The predicted octanol–water partition coefficient (Wildman–Crippen LogP) is 9.78. The van der Waals surface area contributed by atoms with Gasteiger partial charge in [0.15, 0.2) is 0 Å². The monoisotopic (exact) mass is 877 g/mol. The SMILES string of the molecule is Cc1cc(C)c(S(=O)(=O)O)c(C)c1N=C1C=CC(=C(c2ccc(Nc3c(C)cc(C)c(S(=O)(=O)O)c3C)c(C(C)C)c2)c2ccc([N+](=O)[O-])cc2S(=O)(=O)O)C=C1C(C)C. The molecule has 0 unspecified atom stereocenters. The minimum Gasteiger partial charge on any atom is -0.355 e. The van der Waals surface area contributed by atoms with E-state index >= 15 is 0 Å². The van der Waals surface area contributed by atoms with E-state index in [2.05, 4.69) is 5.32 Å². The lowest BCUT2D eigenvalue weighted by molar-refractivity contribution is -0.385. The van der Waals surface area contributed by atoms with Crippen LogP contribution in [0.15, 0.2) is 97.6 Å². The van der Waals surface area contributed by atoms with E-state index in [0.29, 0.717) is 72.9 Å². The van der Waals surface area contributed by atoms with E-state index in [9.17, 15) is 49.0 Å². The standard InChI is InChI=1S/C43H47N3O11S3/c1-22(2)34-19-30(11-15-36(34)44-40-24(5)17-26(7)42(28(40)9)59(52,53)54)39(33-14-13-32(46(47)48)21-38(33)58(49,50)51)31-12-16-37(35(20-31)23(3)4)45-41-25(6)18-27(8)43(29(41)10)60(55,56)57/h11-23,44H,1-10H3,(H,49,50,51)(H,52,53,54)(H,55,56,57). The van der Waals surface area contributed by atoms with Gasteiger partial charge in [0.1, 0.15) is 14.7 Å². The zero-order chi connectivity index (χ0) is 45.0. The van der Waals surface area contributed by atoms with Crippen molar-refractivity contribution in [3.05, 3.63) is 138 Å². The topological polar surface area (TPSA) is 231 Å². The van der Waals surface area contributed by atoms with Crippen molar-refractivity contribution in [2.24, 2.45) is 10.9 Å². The van der Waals surface area contributed by atoms with Crippen molar-refractivity contribution in [2.75, 3.05) is 5.32 Å². The summed E-state index contributed by atoms with van der Waals surface area (Å²) in [6.45, 7) is 17.5. The van der Waals surface area contributed by atoms with E-state index in [1.165, 1.54) is 6.07 Å². The van der Waals surface area contributed by atoms with E-state index < -0.39 is 45.9 Å². The van der Waals surface area contributed by atoms with Gasteiger partial charge < -0.3 is 5.32 Å². The van der Waals surface area contributed by atoms with E-state index in [0.717, 1.165) is 12.1 Å². The van der Waals surface area contributed by atoms with Crippen molar-refractivity contribution < 1.29 is 43.8 Å². The lowest BCUT2D eigenvalue weighted by atomic mass is 9.84. The van der Waals surface area contributed by atoms with Gasteiger partial charge in [0.2, 0.25) is 0 Å². The number of anilines is 2. The van der Waals surface area contributed by atoms with E-state index in [1.54, 1.807) is 84.0 Å². The number of hydrogen-bond acceptors (Lipinski definition) is 10. The van der Waals surface area contributed by atoms with Crippen molar-refractivity contribution in [2.45, 2.75) is 89.8 Å². The van der Waals surface area contributed by atoms with Gasteiger partial charge in [0.25, 0.3) is 36.0 Å². The Balaban J connectivity index is 1.84. The van der Waals surface area contributed by atoms with Crippen LogP contribution >= 0.6 is 0 Å². The van der Waals surface area contributed by atoms with Crippen LogP contribution in [0.3, 0.4) is 0 Å². The Bertz CT molecular complexity index is 2960. The first-order valence-electron chi connectivity index (χ1n) is 18.7. The molecule has 0 fully saturated rings. The average molecular weight is 878 g/mol. The lowest BCUT2D eigenvalue weighted by Gasteiger charge is -2.24. The highest BCUT2D eigenvalue weighted by molar-refractivity contribution is 7.86. The van der Waals surface area contributed by atoms with Crippen LogP contribution in [0, 0.1) is 57.6 Å². The van der Waals surface area contributed by atoms with E-state index in [1.807, 2.05) is 33.8 Å². The van der Waals surface area contributed by atoms with Crippen LogP contribution in [0.4, 0.5) is 22.7 Å².